The lowest BCUT2D eigenvalue weighted by atomic mass is 10.1. The van der Waals surface area contributed by atoms with E-state index in [2.05, 4.69) is 53.3 Å². The average Bonchev–Trinajstić information content (AvgIpc) is 3.26. The molecule has 3 aromatic rings. The molecule has 0 amide bonds. The average molecular weight is 333 g/mol. The zero-order valence-corrected chi connectivity index (χ0v) is 14.7. The molecular weight excluding hydrogens is 310 g/mol. The van der Waals surface area contributed by atoms with Crippen molar-refractivity contribution in [1.82, 2.24) is 9.78 Å². The summed E-state index contributed by atoms with van der Waals surface area (Å²) in [6.45, 7) is 3.17. The topological polar surface area (TPSA) is 39.1 Å². The number of nitrogens with zero attached hydrogens (tertiary/aromatic N) is 2. The van der Waals surface area contributed by atoms with E-state index in [1.807, 2.05) is 12.1 Å². The number of anilines is 1. The van der Waals surface area contributed by atoms with E-state index in [1.54, 1.807) is 7.11 Å². The third-order valence-corrected chi connectivity index (χ3v) is 4.87. The van der Waals surface area contributed by atoms with Crippen LogP contribution in [0.5, 0.6) is 5.75 Å². The van der Waals surface area contributed by atoms with E-state index in [9.17, 15) is 0 Å². The Bertz CT molecular complexity index is 881. The summed E-state index contributed by atoms with van der Waals surface area (Å²) in [4.78, 5) is 0. The fourth-order valence-corrected chi connectivity index (χ4v) is 3.52. The maximum absolute atomic E-state index is 5.25. The molecule has 0 unspecified atom stereocenters. The Morgan fingerprint density at radius 1 is 1.12 bits per heavy atom. The summed E-state index contributed by atoms with van der Waals surface area (Å²) in [5.74, 6) is 2.04. The molecule has 0 saturated heterocycles. The van der Waals surface area contributed by atoms with Crippen LogP contribution in [0.4, 0.5) is 5.82 Å². The molecule has 0 radical (unpaired) electrons. The summed E-state index contributed by atoms with van der Waals surface area (Å²) >= 11 is 0. The van der Waals surface area contributed by atoms with Gasteiger partial charge in [-0.1, -0.05) is 37.3 Å². The van der Waals surface area contributed by atoms with Gasteiger partial charge >= 0.3 is 0 Å². The Hall–Kier alpha value is -2.75. The molecule has 25 heavy (non-hydrogen) atoms. The molecule has 0 bridgehead atoms. The molecular formula is C21H23N3O. The van der Waals surface area contributed by atoms with Crippen molar-refractivity contribution in [2.24, 2.45) is 0 Å². The van der Waals surface area contributed by atoms with E-state index in [4.69, 9.17) is 9.84 Å². The first-order chi connectivity index (χ1) is 12.3. The van der Waals surface area contributed by atoms with E-state index < -0.39 is 0 Å². The normalized spacial score (nSPS) is 12.7. The predicted molar refractivity (Wildman–Crippen MR) is 101 cm³/mol. The molecule has 1 aliphatic rings. The Labute approximate surface area is 148 Å². The second-order valence-corrected chi connectivity index (χ2v) is 6.37. The van der Waals surface area contributed by atoms with Gasteiger partial charge in [0.25, 0.3) is 0 Å². The molecule has 128 valence electrons. The van der Waals surface area contributed by atoms with Crippen LogP contribution in [0.1, 0.15) is 29.3 Å². The predicted octanol–water partition coefficient (Wildman–Crippen LogP) is 4.00. The van der Waals surface area contributed by atoms with Crippen molar-refractivity contribution in [2.75, 3.05) is 19.0 Å². The van der Waals surface area contributed by atoms with Gasteiger partial charge in [-0.25, -0.2) is 4.68 Å². The van der Waals surface area contributed by atoms with Crippen LogP contribution in [-0.2, 0) is 19.3 Å². The summed E-state index contributed by atoms with van der Waals surface area (Å²) in [7, 11) is 1.69. The zero-order chi connectivity index (χ0) is 17.2. The van der Waals surface area contributed by atoms with Crippen LogP contribution in [0.3, 0.4) is 0 Å². The fourth-order valence-electron chi connectivity index (χ4n) is 3.52. The first kappa shape index (κ1) is 15.8. The van der Waals surface area contributed by atoms with Gasteiger partial charge in [-0.15, -0.1) is 0 Å². The first-order valence-electron chi connectivity index (χ1n) is 8.86. The highest BCUT2D eigenvalue weighted by atomic mass is 16.5. The van der Waals surface area contributed by atoms with Gasteiger partial charge in [-0.2, -0.15) is 5.10 Å². The van der Waals surface area contributed by atoms with Crippen LogP contribution in [0.25, 0.3) is 5.69 Å². The van der Waals surface area contributed by atoms with Crippen LogP contribution < -0.4 is 10.1 Å². The molecule has 2 heterocycles. The van der Waals surface area contributed by atoms with E-state index in [1.165, 1.54) is 22.4 Å². The van der Waals surface area contributed by atoms with Crippen molar-refractivity contribution in [3.05, 3.63) is 70.9 Å². The van der Waals surface area contributed by atoms with E-state index in [0.29, 0.717) is 0 Å². The van der Waals surface area contributed by atoms with Crippen LogP contribution in [0, 0.1) is 0 Å². The molecule has 1 aromatic heterocycles. The van der Waals surface area contributed by atoms with E-state index >= 15 is 0 Å². The molecule has 0 atom stereocenters. The number of fused-ring (bicyclic) bond motifs is 1. The maximum Gasteiger partial charge on any atom is 0.133 e. The number of rotatable bonds is 5. The molecule has 1 aliphatic heterocycles. The van der Waals surface area contributed by atoms with Gasteiger partial charge in [-0.05, 0) is 42.2 Å². The summed E-state index contributed by atoms with van der Waals surface area (Å²) in [5, 5.41) is 8.49. The lowest BCUT2D eigenvalue weighted by Crippen LogP contribution is -2.07. The number of methoxy groups -OCH3 is 1. The molecule has 0 fully saturated rings. The summed E-state index contributed by atoms with van der Waals surface area (Å²) in [6, 6.07) is 16.8. The third-order valence-electron chi connectivity index (χ3n) is 4.87. The third kappa shape index (κ3) is 2.88. The Morgan fingerprint density at radius 3 is 2.68 bits per heavy atom. The van der Waals surface area contributed by atoms with Gasteiger partial charge < -0.3 is 10.1 Å². The van der Waals surface area contributed by atoms with Crippen molar-refractivity contribution in [3.63, 3.8) is 0 Å². The maximum atomic E-state index is 5.25. The lowest BCUT2D eigenvalue weighted by molar-refractivity contribution is 0.414. The van der Waals surface area contributed by atoms with Gasteiger partial charge in [0.1, 0.15) is 11.6 Å². The Morgan fingerprint density at radius 2 is 1.92 bits per heavy atom. The number of ether oxygens (including phenoxy) is 1. The monoisotopic (exact) mass is 333 g/mol. The van der Waals surface area contributed by atoms with Gasteiger partial charge in [0.2, 0.25) is 0 Å². The molecule has 4 heteroatoms. The number of nitrogens with one attached hydrogen (secondary N) is 1. The van der Waals surface area contributed by atoms with Crippen molar-refractivity contribution in [3.8, 4) is 11.4 Å². The quantitative estimate of drug-likeness (QED) is 0.767. The minimum Gasteiger partial charge on any atom is -0.497 e. The molecule has 2 aromatic carbocycles. The minimum absolute atomic E-state index is 0.843. The minimum atomic E-state index is 0.843. The van der Waals surface area contributed by atoms with Gasteiger partial charge in [0, 0.05) is 18.5 Å². The summed E-state index contributed by atoms with van der Waals surface area (Å²) < 4.78 is 7.35. The number of aromatic nitrogens is 2. The SMILES string of the molecule is CCc1ccccc1-n1nc(Cc2ccc(OC)cc2)c2c1NCC2. The second-order valence-electron chi connectivity index (χ2n) is 6.37. The van der Waals surface area contributed by atoms with Crippen LogP contribution >= 0.6 is 0 Å². The van der Waals surface area contributed by atoms with Gasteiger partial charge in [-0.3, -0.25) is 0 Å². The van der Waals surface area contributed by atoms with E-state index in [-0.39, 0.29) is 0 Å². The smallest absolute Gasteiger partial charge is 0.133 e. The van der Waals surface area contributed by atoms with Gasteiger partial charge in [0.05, 0.1) is 18.5 Å². The number of aryl methyl sites for hydroxylation is 1. The number of hydrogen-bond donors (Lipinski definition) is 1. The highest BCUT2D eigenvalue weighted by molar-refractivity contribution is 5.59. The van der Waals surface area contributed by atoms with Crippen LogP contribution in [0.2, 0.25) is 0 Å². The number of hydrogen-bond acceptors (Lipinski definition) is 3. The van der Waals surface area contributed by atoms with Crippen molar-refractivity contribution in [2.45, 2.75) is 26.2 Å². The second kappa shape index (κ2) is 6.63. The van der Waals surface area contributed by atoms with Crippen molar-refractivity contribution < 1.29 is 4.74 Å². The fraction of sp³-hybridized carbons (Fsp3) is 0.286. The first-order valence-corrected chi connectivity index (χ1v) is 8.86. The van der Waals surface area contributed by atoms with Crippen LogP contribution in [-0.4, -0.2) is 23.4 Å². The molecule has 0 aliphatic carbocycles. The highest BCUT2D eigenvalue weighted by Crippen LogP contribution is 2.31. The largest absolute Gasteiger partial charge is 0.497 e. The molecule has 1 N–H and O–H groups in total. The number of para-hydroxylation sites is 1. The van der Waals surface area contributed by atoms with Crippen LogP contribution in [0.15, 0.2) is 48.5 Å². The van der Waals surface area contributed by atoms with Crippen molar-refractivity contribution in [1.29, 1.82) is 0 Å². The van der Waals surface area contributed by atoms with Gasteiger partial charge in [0.15, 0.2) is 0 Å². The molecule has 4 nitrogen and oxygen atoms in total. The number of benzene rings is 2. The molecule has 0 spiro atoms. The summed E-state index contributed by atoms with van der Waals surface area (Å²) in [6.07, 6.45) is 2.88. The standard InChI is InChI=1S/C21H23N3O/c1-3-16-6-4-5-7-20(16)24-21-18(12-13-22-21)19(23-24)14-15-8-10-17(25-2)11-9-15/h4-11,22H,3,12-14H2,1-2H3. The lowest BCUT2D eigenvalue weighted by Gasteiger charge is -2.10. The Kier molecular flexibility index (Phi) is 4.18. The molecule has 4 rings (SSSR count). The molecule has 0 saturated carbocycles. The summed E-state index contributed by atoms with van der Waals surface area (Å²) in [5.41, 5.74) is 6.26. The highest BCUT2D eigenvalue weighted by Gasteiger charge is 2.23. The van der Waals surface area contributed by atoms with Crippen molar-refractivity contribution >= 4 is 5.82 Å². The Balaban J connectivity index is 1.72. The van der Waals surface area contributed by atoms with E-state index in [0.717, 1.165) is 43.1 Å². The zero-order valence-electron chi connectivity index (χ0n) is 14.7.